The molecule has 6 heteroatoms. The number of hydrogen-bond donors (Lipinski definition) is 1. The van der Waals surface area contributed by atoms with Gasteiger partial charge in [0.2, 0.25) is 5.88 Å². The second-order valence-electron chi connectivity index (χ2n) is 3.14. The molecule has 0 fully saturated rings. The molecule has 2 aromatic rings. The van der Waals surface area contributed by atoms with Crippen LogP contribution in [0.1, 0.15) is 12.0 Å². The Morgan fingerprint density at radius 2 is 2.06 bits per heavy atom. The molecule has 2 rings (SSSR count). The van der Waals surface area contributed by atoms with E-state index in [2.05, 4.69) is 9.68 Å². The molecule has 0 saturated heterocycles. The molecule has 3 nitrogen and oxygen atoms in total. The predicted molar refractivity (Wildman–Crippen MR) is 56.3 cm³/mol. The van der Waals surface area contributed by atoms with Crippen LogP contribution in [-0.4, -0.2) is 5.16 Å². The normalized spacial score (nSPS) is 11.0. The maximum atomic E-state index is 12.4. The van der Waals surface area contributed by atoms with Crippen LogP contribution in [0.25, 0.3) is 11.1 Å². The van der Waals surface area contributed by atoms with Gasteiger partial charge in [0.05, 0.1) is 11.8 Å². The van der Waals surface area contributed by atoms with Gasteiger partial charge in [-0.05, 0) is 6.07 Å². The molecule has 16 heavy (non-hydrogen) atoms. The molecule has 0 aliphatic heterocycles. The molecule has 0 amide bonds. The number of nitrogens with zero attached hydrogens (tertiary/aromatic N) is 1. The molecule has 0 saturated carbocycles. The first-order valence-electron chi connectivity index (χ1n) is 4.37. The summed E-state index contributed by atoms with van der Waals surface area (Å²) in [4.78, 5) is 0. The van der Waals surface area contributed by atoms with Crippen LogP contribution in [0.3, 0.4) is 0 Å². The fourth-order valence-corrected chi connectivity index (χ4v) is 1.63. The lowest BCUT2D eigenvalue weighted by Crippen LogP contribution is -1.88. The van der Waals surface area contributed by atoms with E-state index in [1.165, 1.54) is 24.4 Å². The highest BCUT2D eigenvalue weighted by Gasteiger charge is 2.14. The molecule has 0 atom stereocenters. The van der Waals surface area contributed by atoms with Crippen LogP contribution in [-0.2, 0) is 0 Å². The van der Waals surface area contributed by atoms with E-state index in [4.69, 9.17) is 17.3 Å². The van der Waals surface area contributed by atoms with Crippen molar-refractivity contribution in [2.45, 2.75) is 6.43 Å². The van der Waals surface area contributed by atoms with E-state index in [0.717, 1.165) is 0 Å². The molecule has 0 spiro atoms. The average Bonchev–Trinajstić information content (AvgIpc) is 2.64. The Kier molecular flexibility index (Phi) is 2.78. The summed E-state index contributed by atoms with van der Waals surface area (Å²) in [5, 5.41) is 3.68. The standard InChI is InChI=1S/C10H7ClF2N2O/c11-8-3-5(9(12)13)1-2-6(8)7-4-15-16-10(7)14/h1-4,9H,14H2. The smallest absolute Gasteiger partial charge is 0.263 e. The fraction of sp³-hybridized carbons (Fsp3) is 0.100. The molecule has 0 radical (unpaired) electrons. The highest BCUT2D eigenvalue weighted by molar-refractivity contribution is 6.33. The predicted octanol–water partition coefficient (Wildman–Crippen LogP) is 3.51. The van der Waals surface area contributed by atoms with Gasteiger partial charge in [0, 0.05) is 16.1 Å². The van der Waals surface area contributed by atoms with Gasteiger partial charge < -0.3 is 10.3 Å². The highest BCUT2D eigenvalue weighted by atomic mass is 35.5. The first-order valence-corrected chi connectivity index (χ1v) is 4.75. The van der Waals surface area contributed by atoms with Gasteiger partial charge in [-0.1, -0.05) is 28.9 Å². The van der Waals surface area contributed by atoms with Crippen molar-refractivity contribution in [3.05, 3.63) is 35.0 Å². The summed E-state index contributed by atoms with van der Waals surface area (Å²) in [6, 6.07) is 3.96. The summed E-state index contributed by atoms with van der Waals surface area (Å²) in [6.45, 7) is 0. The number of aromatic nitrogens is 1. The van der Waals surface area contributed by atoms with Crippen molar-refractivity contribution in [2.24, 2.45) is 0 Å². The van der Waals surface area contributed by atoms with E-state index in [-0.39, 0.29) is 16.5 Å². The summed E-state index contributed by atoms with van der Waals surface area (Å²) in [5.41, 5.74) is 6.38. The molecular weight excluding hydrogens is 238 g/mol. The zero-order valence-corrected chi connectivity index (χ0v) is 8.71. The molecule has 0 aliphatic carbocycles. The Labute approximate surface area is 94.8 Å². The van der Waals surface area contributed by atoms with E-state index < -0.39 is 6.43 Å². The molecule has 1 heterocycles. The van der Waals surface area contributed by atoms with Crippen LogP contribution in [0.2, 0.25) is 5.02 Å². The van der Waals surface area contributed by atoms with E-state index in [1.54, 1.807) is 0 Å². The van der Waals surface area contributed by atoms with Gasteiger partial charge in [0.15, 0.2) is 0 Å². The summed E-state index contributed by atoms with van der Waals surface area (Å²) >= 11 is 5.88. The van der Waals surface area contributed by atoms with Crippen LogP contribution in [0.5, 0.6) is 0 Å². The van der Waals surface area contributed by atoms with Gasteiger partial charge in [-0.2, -0.15) is 0 Å². The van der Waals surface area contributed by atoms with Crippen molar-refractivity contribution in [2.75, 3.05) is 5.73 Å². The number of nitrogens with two attached hydrogens (primary N) is 1. The van der Waals surface area contributed by atoms with Gasteiger partial charge in [0.25, 0.3) is 6.43 Å². The Hall–Kier alpha value is -1.62. The minimum atomic E-state index is -2.55. The largest absolute Gasteiger partial charge is 0.367 e. The van der Waals surface area contributed by atoms with Crippen LogP contribution < -0.4 is 5.73 Å². The lowest BCUT2D eigenvalue weighted by Gasteiger charge is -2.04. The number of nitrogen functional groups attached to an aromatic ring is 1. The van der Waals surface area contributed by atoms with Gasteiger partial charge in [-0.15, -0.1) is 0 Å². The second-order valence-corrected chi connectivity index (χ2v) is 3.55. The van der Waals surface area contributed by atoms with E-state index >= 15 is 0 Å². The van der Waals surface area contributed by atoms with E-state index in [0.29, 0.717) is 11.1 Å². The summed E-state index contributed by atoms with van der Waals surface area (Å²) < 4.78 is 29.4. The minimum Gasteiger partial charge on any atom is -0.367 e. The minimum absolute atomic E-state index is 0.103. The Morgan fingerprint density at radius 1 is 1.31 bits per heavy atom. The molecule has 2 N–H and O–H groups in total. The number of hydrogen-bond acceptors (Lipinski definition) is 3. The summed E-state index contributed by atoms with van der Waals surface area (Å²) in [7, 11) is 0. The van der Waals surface area contributed by atoms with Crippen molar-refractivity contribution < 1.29 is 13.3 Å². The topological polar surface area (TPSA) is 52.0 Å². The van der Waals surface area contributed by atoms with Crippen LogP contribution in [0.4, 0.5) is 14.7 Å². The van der Waals surface area contributed by atoms with Crippen molar-refractivity contribution >= 4 is 17.5 Å². The number of alkyl halides is 2. The zero-order chi connectivity index (χ0) is 11.7. The third-order valence-corrected chi connectivity index (χ3v) is 2.45. The molecule has 0 aliphatic rings. The third-order valence-electron chi connectivity index (χ3n) is 2.13. The van der Waals surface area contributed by atoms with Crippen molar-refractivity contribution in [3.63, 3.8) is 0 Å². The number of rotatable bonds is 2. The van der Waals surface area contributed by atoms with Gasteiger partial charge >= 0.3 is 0 Å². The van der Waals surface area contributed by atoms with Crippen LogP contribution in [0, 0.1) is 0 Å². The monoisotopic (exact) mass is 244 g/mol. The highest BCUT2D eigenvalue weighted by Crippen LogP contribution is 2.34. The van der Waals surface area contributed by atoms with Gasteiger partial charge in [0.1, 0.15) is 0 Å². The maximum absolute atomic E-state index is 12.4. The van der Waals surface area contributed by atoms with Crippen LogP contribution >= 0.6 is 11.6 Å². The molecular formula is C10H7ClF2N2O. The Bertz CT molecular complexity index is 513. The fourth-order valence-electron chi connectivity index (χ4n) is 1.34. The Balaban J connectivity index is 2.48. The summed E-state index contributed by atoms with van der Waals surface area (Å²) in [5.74, 6) is 0.103. The molecule has 0 unspecified atom stereocenters. The number of halogens is 3. The summed E-state index contributed by atoms with van der Waals surface area (Å²) in [6.07, 6.45) is -1.16. The molecule has 84 valence electrons. The lowest BCUT2D eigenvalue weighted by atomic mass is 10.1. The van der Waals surface area contributed by atoms with Gasteiger partial charge in [-0.3, -0.25) is 0 Å². The first kappa shape index (κ1) is 10.9. The number of benzene rings is 1. The van der Waals surface area contributed by atoms with Crippen molar-refractivity contribution in [1.82, 2.24) is 5.16 Å². The van der Waals surface area contributed by atoms with Gasteiger partial charge in [-0.25, -0.2) is 8.78 Å². The average molecular weight is 245 g/mol. The van der Waals surface area contributed by atoms with Crippen LogP contribution in [0.15, 0.2) is 28.9 Å². The molecule has 1 aromatic heterocycles. The zero-order valence-electron chi connectivity index (χ0n) is 7.95. The quantitative estimate of drug-likeness (QED) is 0.879. The third kappa shape index (κ3) is 1.86. The molecule has 0 bridgehead atoms. The maximum Gasteiger partial charge on any atom is 0.263 e. The molecule has 1 aromatic carbocycles. The van der Waals surface area contributed by atoms with E-state index in [9.17, 15) is 8.78 Å². The number of anilines is 1. The van der Waals surface area contributed by atoms with Crippen molar-refractivity contribution in [3.8, 4) is 11.1 Å². The first-order chi connectivity index (χ1) is 7.59. The SMILES string of the molecule is Nc1oncc1-c1ccc(C(F)F)cc1Cl. The van der Waals surface area contributed by atoms with E-state index in [1.807, 2.05) is 0 Å². The lowest BCUT2D eigenvalue weighted by molar-refractivity contribution is 0.151. The second kappa shape index (κ2) is 4.09. The van der Waals surface area contributed by atoms with Crippen molar-refractivity contribution in [1.29, 1.82) is 0 Å². The Morgan fingerprint density at radius 3 is 2.56 bits per heavy atom.